The number of rotatable bonds is 6. The van der Waals surface area contributed by atoms with Gasteiger partial charge in [0.1, 0.15) is 17.9 Å². The van der Waals surface area contributed by atoms with Crippen LogP contribution in [0.3, 0.4) is 0 Å². The van der Waals surface area contributed by atoms with Crippen molar-refractivity contribution < 1.29 is 4.74 Å². The largest absolute Gasteiger partial charge is 0.487 e. The molecule has 0 bridgehead atoms. The molecule has 0 aliphatic rings. The van der Waals surface area contributed by atoms with E-state index in [0.29, 0.717) is 10.0 Å². The van der Waals surface area contributed by atoms with Crippen LogP contribution in [0.15, 0.2) is 42.5 Å². The summed E-state index contributed by atoms with van der Waals surface area (Å²) >= 11 is 12.9. The highest BCUT2D eigenvalue weighted by atomic mass is 35.5. The zero-order valence-corrected chi connectivity index (χ0v) is 15.8. The number of nitrogens with zero attached hydrogens (tertiary/aromatic N) is 1. The van der Waals surface area contributed by atoms with Crippen LogP contribution in [0.1, 0.15) is 24.6 Å². The molecule has 0 radical (unpaired) electrons. The number of benzene rings is 2. The molecule has 25 heavy (non-hydrogen) atoms. The summed E-state index contributed by atoms with van der Waals surface area (Å²) in [6.07, 6.45) is 1.02. The van der Waals surface area contributed by atoms with Gasteiger partial charge in [0, 0.05) is 28.2 Å². The van der Waals surface area contributed by atoms with E-state index in [0.717, 1.165) is 46.6 Å². The number of hydrogen-bond donors (Lipinski definition) is 1. The van der Waals surface area contributed by atoms with Gasteiger partial charge in [0.15, 0.2) is 0 Å². The number of aryl methyl sites for hydroxylation is 1. The van der Waals surface area contributed by atoms with Crippen molar-refractivity contribution in [2.24, 2.45) is 0 Å². The molecule has 1 N–H and O–H groups in total. The van der Waals surface area contributed by atoms with Gasteiger partial charge < -0.3 is 10.1 Å². The molecule has 0 amide bonds. The predicted molar refractivity (Wildman–Crippen MR) is 106 cm³/mol. The molecule has 1 heterocycles. The Hall–Kier alpha value is -1.97. The first-order chi connectivity index (χ1) is 12.1. The van der Waals surface area contributed by atoms with Crippen LogP contribution in [-0.2, 0) is 6.61 Å². The number of aromatic nitrogens is 1. The fourth-order valence-electron chi connectivity index (χ4n) is 2.61. The van der Waals surface area contributed by atoms with Gasteiger partial charge in [-0.25, -0.2) is 4.98 Å². The number of para-hydroxylation sites is 1. The molecule has 3 rings (SSSR count). The quantitative estimate of drug-likeness (QED) is 0.553. The summed E-state index contributed by atoms with van der Waals surface area (Å²) in [5, 5.41) is 5.54. The lowest BCUT2D eigenvalue weighted by atomic mass is 10.2. The van der Waals surface area contributed by atoms with Gasteiger partial charge >= 0.3 is 0 Å². The smallest absolute Gasteiger partial charge is 0.146 e. The molecule has 0 saturated heterocycles. The van der Waals surface area contributed by atoms with E-state index in [9.17, 15) is 0 Å². The number of anilines is 1. The molecule has 0 fully saturated rings. The van der Waals surface area contributed by atoms with Crippen molar-refractivity contribution >= 4 is 39.8 Å². The molecule has 1 aromatic heterocycles. The SMILES string of the molecule is CCCNc1ccc(Cl)c(COc2cccc3ccc(C)nc23)c1Cl. The summed E-state index contributed by atoms with van der Waals surface area (Å²) < 4.78 is 6.02. The molecule has 0 atom stereocenters. The van der Waals surface area contributed by atoms with Crippen LogP contribution in [0.2, 0.25) is 10.0 Å². The van der Waals surface area contributed by atoms with Crippen LogP contribution >= 0.6 is 23.2 Å². The number of halogens is 2. The van der Waals surface area contributed by atoms with Gasteiger partial charge in [-0.2, -0.15) is 0 Å². The van der Waals surface area contributed by atoms with E-state index in [1.165, 1.54) is 0 Å². The lowest BCUT2D eigenvalue weighted by Crippen LogP contribution is -2.04. The Morgan fingerprint density at radius 2 is 1.92 bits per heavy atom. The minimum absolute atomic E-state index is 0.286. The molecule has 0 saturated carbocycles. The standard InChI is InChI=1S/C20H20Cl2N2O/c1-3-11-23-17-10-9-16(21)15(19(17)22)12-25-18-6-4-5-14-8-7-13(2)24-20(14)18/h4-10,23H,3,11-12H2,1-2H3. The van der Waals surface area contributed by atoms with Crippen LogP contribution in [0.5, 0.6) is 5.75 Å². The van der Waals surface area contributed by atoms with Crippen molar-refractivity contribution in [1.82, 2.24) is 4.98 Å². The monoisotopic (exact) mass is 374 g/mol. The average molecular weight is 375 g/mol. The maximum Gasteiger partial charge on any atom is 0.146 e. The Balaban J connectivity index is 1.88. The maximum absolute atomic E-state index is 6.52. The first-order valence-corrected chi connectivity index (χ1v) is 9.05. The third kappa shape index (κ3) is 4.00. The van der Waals surface area contributed by atoms with Crippen LogP contribution in [0.25, 0.3) is 10.9 Å². The lowest BCUT2D eigenvalue weighted by molar-refractivity contribution is 0.309. The molecule has 3 aromatic rings. The van der Waals surface area contributed by atoms with Crippen molar-refractivity contribution in [3.8, 4) is 5.75 Å². The van der Waals surface area contributed by atoms with Crippen LogP contribution in [-0.4, -0.2) is 11.5 Å². The zero-order chi connectivity index (χ0) is 17.8. The summed E-state index contributed by atoms with van der Waals surface area (Å²) in [5.41, 5.74) is 3.44. The fraction of sp³-hybridized carbons (Fsp3) is 0.250. The summed E-state index contributed by atoms with van der Waals surface area (Å²) in [6.45, 7) is 5.21. The topological polar surface area (TPSA) is 34.1 Å². The fourth-order valence-corrected chi connectivity index (χ4v) is 3.16. The van der Waals surface area contributed by atoms with Gasteiger partial charge in [-0.3, -0.25) is 0 Å². The van der Waals surface area contributed by atoms with Crippen molar-refractivity contribution in [2.75, 3.05) is 11.9 Å². The first kappa shape index (κ1) is 17.8. The van der Waals surface area contributed by atoms with E-state index in [-0.39, 0.29) is 6.61 Å². The highest BCUT2D eigenvalue weighted by Gasteiger charge is 2.12. The lowest BCUT2D eigenvalue weighted by Gasteiger charge is -2.15. The van der Waals surface area contributed by atoms with Crippen molar-refractivity contribution in [1.29, 1.82) is 0 Å². The molecule has 0 unspecified atom stereocenters. The van der Waals surface area contributed by atoms with E-state index in [4.69, 9.17) is 27.9 Å². The molecular formula is C20H20Cl2N2O. The average Bonchev–Trinajstić information content (AvgIpc) is 2.61. The predicted octanol–water partition coefficient (Wildman–Crippen LogP) is 6.25. The summed E-state index contributed by atoms with van der Waals surface area (Å²) in [6, 6.07) is 13.7. The van der Waals surface area contributed by atoms with Gasteiger partial charge in [-0.1, -0.05) is 48.3 Å². The Kier molecular flexibility index (Phi) is 5.67. The van der Waals surface area contributed by atoms with E-state index in [1.807, 2.05) is 49.4 Å². The van der Waals surface area contributed by atoms with Crippen LogP contribution < -0.4 is 10.1 Å². The Morgan fingerprint density at radius 3 is 2.72 bits per heavy atom. The molecule has 130 valence electrons. The van der Waals surface area contributed by atoms with Crippen molar-refractivity contribution in [3.05, 3.63) is 63.8 Å². The van der Waals surface area contributed by atoms with E-state index >= 15 is 0 Å². The summed E-state index contributed by atoms with van der Waals surface area (Å²) in [4.78, 5) is 4.59. The second kappa shape index (κ2) is 7.94. The summed E-state index contributed by atoms with van der Waals surface area (Å²) in [5.74, 6) is 0.722. The molecule has 0 aliphatic carbocycles. The third-order valence-electron chi connectivity index (χ3n) is 3.95. The number of pyridine rings is 1. The molecule has 2 aromatic carbocycles. The van der Waals surface area contributed by atoms with Crippen LogP contribution in [0.4, 0.5) is 5.69 Å². The van der Waals surface area contributed by atoms with E-state index < -0.39 is 0 Å². The maximum atomic E-state index is 6.52. The highest BCUT2D eigenvalue weighted by Crippen LogP contribution is 2.33. The molecule has 3 nitrogen and oxygen atoms in total. The van der Waals surface area contributed by atoms with Gasteiger partial charge in [-0.15, -0.1) is 0 Å². The number of ether oxygens (including phenoxy) is 1. The highest BCUT2D eigenvalue weighted by molar-refractivity contribution is 6.37. The van der Waals surface area contributed by atoms with Crippen LogP contribution in [0, 0.1) is 6.92 Å². The second-order valence-corrected chi connectivity index (χ2v) is 6.67. The Morgan fingerprint density at radius 1 is 1.08 bits per heavy atom. The third-order valence-corrected chi connectivity index (χ3v) is 4.73. The normalized spacial score (nSPS) is 10.9. The molecular weight excluding hydrogens is 355 g/mol. The number of fused-ring (bicyclic) bond motifs is 1. The summed E-state index contributed by atoms with van der Waals surface area (Å²) in [7, 11) is 0. The molecule has 0 spiro atoms. The minimum atomic E-state index is 0.286. The van der Waals surface area contributed by atoms with E-state index in [1.54, 1.807) is 0 Å². The first-order valence-electron chi connectivity index (χ1n) is 8.30. The van der Waals surface area contributed by atoms with Gasteiger partial charge in [0.05, 0.1) is 10.7 Å². The van der Waals surface area contributed by atoms with Crippen molar-refractivity contribution in [2.45, 2.75) is 26.9 Å². The minimum Gasteiger partial charge on any atom is -0.487 e. The molecule has 0 aliphatic heterocycles. The second-order valence-electron chi connectivity index (χ2n) is 5.88. The van der Waals surface area contributed by atoms with Crippen molar-refractivity contribution in [3.63, 3.8) is 0 Å². The Labute approximate surface area is 157 Å². The molecule has 5 heteroatoms. The number of nitrogens with one attached hydrogen (secondary N) is 1. The van der Waals surface area contributed by atoms with Gasteiger partial charge in [-0.05, 0) is 37.6 Å². The van der Waals surface area contributed by atoms with Gasteiger partial charge in [0.25, 0.3) is 0 Å². The van der Waals surface area contributed by atoms with E-state index in [2.05, 4.69) is 17.2 Å². The van der Waals surface area contributed by atoms with Gasteiger partial charge in [0.2, 0.25) is 0 Å². The zero-order valence-electron chi connectivity index (χ0n) is 14.3. The Bertz CT molecular complexity index is 896. The number of hydrogen-bond acceptors (Lipinski definition) is 3.